The van der Waals surface area contributed by atoms with E-state index < -0.39 is 198 Å². The summed E-state index contributed by atoms with van der Waals surface area (Å²) in [5.41, 5.74) is -0.499. The number of amides is 3. The van der Waals surface area contributed by atoms with Crippen molar-refractivity contribution in [1.29, 1.82) is 0 Å². The van der Waals surface area contributed by atoms with Crippen molar-refractivity contribution in [1.82, 2.24) is 82.3 Å². The molecule has 5 aliphatic rings. The van der Waals surface area contributed by atoms with Crippen molar-refractivity contribution in [2.24, 2.45) is 0 Å². The number of aryl methyl sites for hydroxylation is 2. The first-order chi connectivity index (χ1) is 66.3. The minimum Gasteiger partial charge on any atom is -0.352 e. The second-order valence-corrected chi connectivity index (χ2v) is 42.4. The molecule has 45 nitrogen and oxygen atoms in total. The standard InChI is InChI=1S/C88H101N20O25P5/c1-13-58-60(35-70(124-58)105-48-95-73-76(89-45-92-79(73)105)98-84(111)55-28-22-19-23-29-55)130-135(116,15-3)121-42-65-61(36-69(126-65)104-40-54(12)83(110)102-88(104)115)131-137(118,17-5)122-43-67-63(38-72(128-67)107-50-97-75-78(91-47-94-81(75)107)100-86(113)57-32-26-21-27-33-57)133-138(119,18-6)123-44-66-62(37-71(127-66)106-49-96-74-77(90-46-93-80(74)106)99-85(112)56-30-24-20-25-31-56)132-136(117,16-4)120-41-64-59(129-134(14-2)108(51(7)8)52(9)10)34-68(125-64)103-39-53(11)82(109)101-87(103)114/h14-33,39-40,45-52,58-72H,2-6,13,34-38,41-44H2,1,7-12H3,(H,101,109,114)(H,102,110,115)(H,89,92,98,111)(H,90,93,99,112)(H,91,94,100,113). The van der Waals surface area contributed by atoms with Crippen molar-refractivity contribution in [3.63, 3.8) is 0 Å². The Morgan fingerprint density at radius 1 is 0.435 bits per heavy atom. The molecule has 0 bridgehead atoms. The Labute approximate surface area is 789 Å². The van der Waals surface area contributed by atoms with Crippen LogP contribution in [0.25, 0.3) is 33.5 Å². The molecule has 138 heavy (non-hydrogen) atoms. The van der Waals surface area contributed by atoms with Crippen LogP contribution in [-0.2, 0) is 82.7 Å². The van der Waals surface area contributed by atoms with Crippen LogP contribution in [0.5, 0.6) is 0 Å². The highest BCUT2D eigenvalue weighted by Gasteiger charge is 2.51. The summed E-state index contributed by atoms with van der Waals surface area (Å²) < 4.78 is 162. The number of aromatic nitrogens is 16. The first-order valence-corrected chi connectivity index (χ1v) is 51.7. The van der Waals surface area contributed by atoms with E-state index in [1.54, 1.807) is 101 Å². The Morgan fingerprint density at radius 3 is 1.01 bits per heavy atom. The van der Waals surface area contributed by atoms with E-state index >= 15 is 18.3 Å². The first kappa shape index (κ1) is 99.5. The number of carbonyl (C=O) groups is 3. The molecule has 5 N–H and O–H groups in total. The van der Waals surface area contributed by atoms with E-state index in [0.717, 1.165) is 27.8 Å². The fourth-order valence-electron chi connectivity index (χ4n) is 16.6. The summed E-state index contributed by atoms with van der Waals surface area (Å²) in [6, 6.07) is 25.2. The number of nitrogens with zero attached hydrogens (tertiary/aromatic N) is 15. The number of hydrogen-bond donors (Lipinski definition) is 5. The van der Waals surface area contributed by atoms with Gasteiger partial charge in [0, 0.05) is 108 Å². The summed E-state index contributed by atoms with van der Waals surface area (Å²) in [6.07, 6.45) is -7.30. The number of H-pyrrole nitrogens is 2. The van der Waals surface area contributed by atoms with Crippen molar-refractivity contribution in [2.45, 2.75) is 191 Å². The predicted octanol–water partition coefficient (Wildman–Crippen LogP) is 13.7. The van der Waals surface area contributed by atoms with Gasteiger partial charge in [-0.1, -0.05) is 94.4 Å². The van der Waals surface area contributed by atoms with Gasteiger partial charge in [-0.25, -0.2) is 54.4 Å². The average molecular weight is 1990 g/mol. The lowest BCUT2D eigenvalue weighted by atomic mass is 10.1. The van der Waals surface area contributed by atoms with Crippen LogP contribution in [0, 0.1) is 13.8 Å². The number of anilines is 3. The van der Waals surface area contributed by atoms with Crippen LogP contribution in [0.2, 0.25) is 0 Å². The van der Waals surface area contributed by atoms with Gasteiger partial charge in [0.1, 0.15) is 101 Å². The summed E-state index contributed by atoms with van der Waals surface area (Å²) in [6.45, 7) is 29.7. The molecule has 5 fully saturated rings. The third-order valence-electron chi connectivity index (χ3n) is 23.4. The van der Waals surface area contributed by atoms with Gasteiger partial charge in [-0.3, -0.25) is 97.8 Å². The summed E-state index contributed by atoms with van der Waals surface area (Å²) >= 11 is 0. The van der Waals surface area contributed by atoms with Crippen LogP contribution in [0.15, 0.2) is 223 Å². The van der Waals surface area contributed by atoms with E-state index in [-0.39, 0.29) is 101 Å². The zero-order valence-electron chi connectivity index (χ0n) is 75.7. The largest absolute Gasteiger partial charge is 0.354 e. The van der Waals surface area contributed by atoms with Gasteiger partial charge in [-0.05, 0) is 90.2 Å². The maximum Gasteiger partial charge on any atom is 0.354 e. The first-order valence-electron chi connectivity index (χ1n) is 43.9. The van der Waals surface area contributed by atoms with Gasteiger partial charge in [0.2, 0.25) is 0 Å². The maximum absolute atomic E-state index is 15.9. The zero-order valence-corrected chi connectivity index (χ0v) is 80.2. The van der Waals surface area contributed by atoms with Gasteiger partial charge in [0.05, 0.1) is 63.7 Å². The lowest BCUT2D eigenvalue weighted by Crippen LogP contribution is -2.35. The molecule has 50 heteroatoms. The summed E-state index contributed by atoms with van der Waals surface area (Å²) in [7, 11) is -20.1. The quantitative estimate of drug-likeness (QED) is 0.0222. The summed E-state index contributed by atoms with van der Waals surface area (Å²) in [5, 5.41) is 8.36. The van der Waals surface area contributed by atoms with Crippen LogP contribution in [0.4, 0.5) is 17.5 Å². The van der Waals surface area contributed by atoms with Crippen molar-refractivity contribution in [3.05, 3.63) is 273 Å². The third-order valence-corrected chi connectivity index (χ3v) is 31.7. The van der Waals surface area contributed by atoms with Gasteiger partial charge < -0.3 is 62.3 Å². The van der Waals surface area contributed by atoms with Crippen molar-refractivity contribution < 1.29 is 97.0 Å². The molecule has 16 rings (SSSR count). The minimum atomic E-state index is -4.79. The van der Waals surface area contributed by atoms with E-state index in [1.807, 2.05) is 34.6 Å². The van der Waals surface area contributed by atoms with Gasteiger partial charge in [-0.15, -0.1) is 0 Å². The summed E-state index contributed by atoms with van der Waals surface area (Å²) in [4.78, 5) is 138. The SMILES string of the molecule is C=CP(OC1CC(n2cc(C)c(=O)[nH]c2=O)OC1COP(=O)(C=C)OC1CC(n2cnc3c(NC(=O)c4ccccc4)ncnc32)OC1COP(=O)(C=C)OC1CC(n2cnc3c(NC(=O)c4ccccc4)ncnc32)OC1COP(=O)(C=C)OC1CC(n2cc(C)c(=O)[nH]c2=O)OC1COP(=O)(C=C)OC1CC(n2cnc3c(NC(=O)c4ccccc4)ncnc32)OC1CC)N(C(C)C)C(C)C. The molecule has 728 valence electrons. The van der Waals surface area contributed by atoms with Gasteiger partial charge in [0.15, 0.2) is 50.9 Å². The van der Waals surface area contributed by atoms with E-state index in [2.05, 4.69) is 108 Å². The molecule has 3 aromatic carbocycles. The molecule has 20 unspecified atom stereocenters. The van der Waals surface area contributed by atoms with E-state index in [9.17, 15) is 33.6 Å². The van der Waals surface area contributed by atoms with Crippen molar-refractivity contribution in [3.8, 4) is 0 Å². The summed E-state index contributed by atoms with van der Waals surface area (Å²) in [5.74, 6) is 4.20. The van der Waals surface area contributed by atoms with Crippen LogP contribution >= 0.6 is 38.7 Å². The molecule has 0 radical (unpaired) electrons. The Balaban J connectivity index is 0.668. The number of nitrogens with one attached hydrogen (secondary N) is 5. The maximum atomic E-state index is 15.9. The number of imidazole rings is 3. The average Bonchev–Trinajstić information content (AvgIpc) is 1.61. The van der Waals surface area contributed by atoms with Crippen LogP contribution < -0.4 is 38.4 Å². The molecule has 11 aromatic rings. The van der Waals surface area contributed by atoms with Gasteiger partial charge >= 0.3 is 41.8 Å². The number of fused-ring (bicyclic) bond motifs is 3. The monoisotopic (exact) mass is 1990 g/mol. The number of ether oxygens (including phenoxy) is 5. The number of rotatable bonds is 42. The highest BCUT2D eigenvalue weighted by Crippen LogP contribution is 2.60. The van der Waals surface area contributed by atoms with Crippen LogP contribution in [0.1, 0.15) is 146 Å². The zero-order chi connectivity index (χ0) is 97.6. The Bertz CT molecular complexity index is 6840. The predicted molar refractivity (Wildman–Crippen MR) is 503 cm³/mol. The highest BCUT2D eigenvalue weighted by atomic mass is 31.2. The lowest BCUT2D eigenvalue weighted by Gasteiger charge is -2.37. The molecule has 0 spiro atoms. The molecule has 0 aliphatic carbocycles. The fourth-order valence-corrected chi connectivity index (χ4v) is 23.2. The second-order valence-electron chi connectivity index (χ2n) is 33.1. The Kier molecular flexibility index (Phi) is 30.8. The highest BCUT2D eigenvalue weighted by molar-refractivity contribution is 7.58. The smallest absolute Gasteiger partial charge is 0.352 e. The molecule has 3 amide bonds. The number of aromatic amines is 2. The molecular weight excluding hydrogens is 1890 g/mol. The molecule has 5 aliphatic heterocycles. The lowest BCUT2D eigenvalue weighted by molar-refractivity contribution is -0.0528. The van der Waals surface area contributed by atoms with E-state index in [4.69, 9.17) is 64.4 Å². The second kappa shape index (κ2) is 42.7. The molecule has 0 saturated carbocycles. The number of benzene rings is 3. The van der Waals surface area contributed by atoms with Gasteiger partial charge in [-0.2, -0.15) is 0 Å². The normalized spacial score (nSPS) is 24.7. The van der Waals surface area contributed by atoms with Crippen LogP contribution in [-0.4, -0.2) is 200 Å². The van der Waals surface area contributed by atoms with E-state index in [0.29, 0.717) is 28.8 Å². The number of carbonyl (C=O) groups excluding carboxylic acids is 3. The molecular formula is C88H101N20O25P5. The van der Waals surface area contributed by atoms with Gasteiger partial charge in [0.25, 0.3) is 28.8 Å². The molecule has 20 atom stereocenters. The third kappa shape index (κ3) is 22.1. The molecule has 13 heterocycles. The Morgan fingerprint density at radius 2 is 0.717 bits per heavy atom. The van der Waals surface area contributed by atoms with E-state index in [1.165, 1.54) is 77.9 Å². The van der Waals surface area contributed by atoms with Crippen LogP contribution in [0.3, 0.4) is 0 Å². The topological polar surface area (TPSA) is 529 Å². The number of hydrogen-bond acceptors (Lipinski definition) is 35. The fraction of sp³-hybridized carbons (Fsp3) is 0.386. The Hall–Kier alpha value is -11.5. The van der Waals surface area contributed by atoms with Crippen molar-refractivity contribution in [2.75, 3.05) is 42.4 Å². The van der Waals surface area contributed by atoms with Crippen molar-refractivity contribution >= 4 is 107 Å². The molecule has 5 saturated heterocycles. The minimum absolute atomic E-state index is 0.0175. The molecule has 8 aromatic heterocycles.